The summed E-state index contributed by atoms with van der Waals surface area (Å²) < 4.78 is 5.75. The Morgan fingerprint density at radius 1 is 1.05 bits per heavy atom. The van der Waals surface area contributed by atoms with Crippen LogP contribution >= 0.6 is 0 Å². The Hall–Kier alpha value is -1.64. The first-order chi connectivity index (χ1) is 9.74. The average molecular weight is 269 g/mol. The zero-order valence-corrected chi connectivity index (χ0v) is 12.3. The third-order valence-corrected chi connectivity index (χ3v) is 3.61. The smallest absolute Gasteiger partial charge is 0.0720 e. The molecular weight excluding hydrogens is 246 g/mol. The third-order valence-electron chi connectivity index (χ3n) is 3.61. The molecule has 2 heteroatoms. The van der Waals surface area contributed by atoms with Crippen LogP contribution in [0.2, 0.25) is 0 Å². The largest absolute Gasteiger partial charge is 0.374 e. The molecule has 0 spiro atoms. The highest BCUT2D eigenvalue weighted by Crippen LogP contribution is 2.24. The summed E-state index contributed by atoms with van der Waals surface area (Å²) in [5.74, 6) is 0. The Kier molecular flexibility index (Phi) is 5.33. The maximum Gasteiger partial charge on any atom is 0.0720 e. The van der Waals surface area contributed by atoms with Gasteiger partial charge in [0.05, 0.1) is 12.7 Å². The van der Waals surface area contributed by atoms with Gasteiger partial charge in [-0.25, -0.2) is 0 Å². The molecule has 0 aliphatic heterocycles. The molecule has 0 aromatic heterocycles. The summed E-state index contributed by atoms with van der Waals surface area (Å²) in [6.07, 6.45) is 1.36. The van der Waals surface area contributed by atoms with Crippen LogP contribution in [0.4, 0.5) is 0 Å². The maximum atomic E-state index is 5.79. The first-order valence-electron chi connectivity index (χ1n) is 7.23. The Balaban J connectivity index is 2.11. The summed E-state index contributed by atoms with van der Waals surface area (Å²) >= 11 is 0. The molecule has 0 amide bonds. The van der Waals surface area contributed by atoms with Crippen LogP contribution in [0.5, 0.6) is 0 Å². The summed E-state index contributed by atoms with van der Waals surface area (Å²) in [7, 11) is 0. The number of benzene rings is 2. The van der Waals surface area contributed by atoms with Crippen molar-refractivity contribution in [3.63, 3.8) is 0 Å². The van der Waals surface area contributed by atoms with Gasteiger partial charge < -0.3 is 10.5 Å². The lowest BCUT2D eigenvalue weighted by Crippen LogP contribution is -2.05. The number of rotatable bonds is 6. The molecule has 2 aromatic carbocycles. The Morgan fingerprint density at radius 3 is 2.40 bits per heavy atom. The number of hydrogen-bond donors (Lipinski definition) is 1. The SMILES string of the molecule is CCC(C)OCc1ccc(-c2ccccc2CN)cc1. The van der Waals surface area contributed by atoms with Crippen molar-refractivity contribution in [2.24, 2.45) is 5.73 Å². The summed E-state index contributed by atoms with van der Waals surface area (Å²) in [4.78, 5) is 0. The lowest BCUT2D eigenvalue weighted by atomic mass is 9.99. The Labute approximate surface area is 121 Å². The van der Waals surface area contributed by atoms with E-state index in [-0.39, 0.29) is 0 Å². The van der Waals surface area contributed by atoms with Gasteiger partial charge >= 0.3 is 0 Å². The van der Waals surface area contributed by atoms with Gasteiger partial charge in [-0.05, 0) is 35.6 Å². The summed E-state index contributed by atoms with van der Waals surface area (Å²) in [6, 6.07) is 16.8. The molecule has 2 nitrogen and oxygen atoms in total. The highest BCUT2D eigenvalue weighted by atomic mass is 16.5. The van der Waals surface area contributed by atoms with Crippen molar-refractivity contribution in [3.05, 3.63) is 59.7 Å². The molecule has 0 aliphatic carbocycles. The zero-order chi connectivity index (χ0) is 14.4. The first-order valence-corrected chi connectivity index (χ1v) is 7.23. The van der Waals surface area contributed by atoms with E-state index in [1.807, 2.05) is 6.07 Å². The first kappa shape index (κ1) is 14.8. The molecule has 20 heavy (non-hydrogen) atoms. The van der Waals surface area contributed by atoms with Crippen LogP contribution < -0.4 is 5.73 Å². The topological polar surface area (TPSA) is 35.2 Å². The average Bonchev–Trinajstić information content (AvgIpc) is 2.53. The molecule has 0 saturated carbocycles. The Morgan fingerprint density at radius 2 is 1.75 bits per heavy atom. The van der Waals surface area contributed by atoms with E-state index in [1.165, 1.54) is 22.3 Å². The quantitative estimate of drug-likeness (QED) is 0.856. The van der Waals surface area contributed by atoms with Gasteiger partial charge in [-0.15, -0.1) is 0 Å². The van der Waals surface area contributed by atoms with E-state index >= 15 is 0 Å². The highest BCUT2D eigenvalue weighted by Gasteiger charge is 2.04. The lowest BCUT2D eigenvalue weighted by molar-refractivity contribution is 0.0508. The van der Waals surface area contributed by atoms with E-state index in [4.69, 9.17) is 10.5 Å². The van der Waals surface area contributed by atoms with Gasteiger partial charge in [0.1, 0.15) is 0 Å². The standard InChI is InChI=1S/C18H23NO/c1-3-14(2)20-13-15-8-10-16(11-9-15)18-7-5-4-6-17(18)12-19/h4-11,14H,3,12-13,19H2,1-2H3. The molecule has 1 unspecified atom stereocenters. The summed E-state index contributed by atoms with van der Waals surface area (Å²) in [6.45, 7) is 5.48. The Bertz CT molecular complexity index is 533. The third kappa shape index (κ3) is 3.69. The predicted octanol–water partition coefficient (Wildman–Crippen LogP) is 4.13. The molecule has 0 aliphatic rings. The van der Waals surface area contributed by atoms with Crippen LogP contribution in [-0.4, -0.2) is 6.10 Å². The van der Waals surface area contributed by atoms with Gasteiger partial charge in [-0.3, -0.25) is 0 Å². The van der Waals surface area contributed by atoms with Gasteiger partial charge in [0, 0.05) is 6.54 Å². The second-order valence-electron chi connectivity index (χ2n) is 5.09. The van der Waals surface area contributed by atoms with Crippen molar-refractivity contribution < 1.29 is 4.74 Å². The molecule has 0 heterocycles. The lowest BCUT2D eigenvalue weighted by Gasteiger charge is -2.12. The van der Waals surface area contributed by atoms with E-state index in [9.17, 15) is 0 Å². The molecule has 0 radical (unpaired) electrons. The minimum absolute atomic E-state index is 0.313. The van der Waals surface area contributed by atoms with Crippen molar-refractivity contribution in [3.8, 4) is 11.1 Å². The van der Waals surface area contributed by atoms with Crippen LogP contribution in [0.15, 0.2) is 48.5 Å². The second-order valence-corrected chi connectivity index (χ2v) is 5.09. The van der Waals surface area contributed by atoms with E-state index < -0.39 is 0 Å². The molecule has 0 bridgehead atoms. The van der Waals surface area contributed by atoms with Crippen LogP contribution in [0.1, 0.15) is 31.4 Å². The van der Waals surface area contributed by atoms with Crippen molar-refractivity contribution in [1.29, 1.82) is 0 Å². The van der Waals surface area contributed by atoms with E-state index in [1.54, 1.807) is 0 Å². The minimum atomic E-state index is 0.313. The van der Waals surface area contributed by atoms with Crippen LogP contribution in [0.3, 0.4) is 0 Å². The van der Waals surface area contributed by atoms with Gasteiger partial charge in [0.2, 0.25) is 0 Å². The number of ether oxygens (including phenoxy) is 1. The van der Waals surface area contributed by atoms with Crippen molar-refractivity contribution in [2.75, 3.05) is 0 Å². The molecule has 1 atom stereocenters. The van der Waals surface area contributed by atoms with Gasteiger partial charge in [0.15, 0.2) is 0 Å². The van der Waals surface area contributed by atoms with Crippen molar-refractivity contribution in [1.82, 2.24) is 0 Å². The number of hydrogen-bond acceptors (Lipinski definition) is 2. The fourth-order valence-corrected chi connectivity index (χ4v) is 2.12. The highest BCUT2D eigenvalue weighted by molar-refractivity contribution is 5.67. The molecule has 2 N–H and O–H groups in total. The van der Waals surface area contributed by atoms with E-state index in [0.717, 1.165) is 6.42 Å². The summed E-state index contributed by atoms with van der Waals surface area (Å²) in [5, 5.41) is 0. The van der Waals surface area contributed by atoms with Gasteiger partial charge in [-0.2, -0.15) is 0 Å². The second kappa shape index (κ2) is 7.22. The van der Waals surface area contributed by atoms with Crippen molar-refractivity contribution >= 4 is 0 Å². The molecule has 0 fully saturated rings. The normalized spacial score (nSPS) is 12.3. The molecular formula is C18H23NO. The zero-order valence-electron chi connectivity index (χ0n) is 12.3. The monoisotopic (exact) mass is 269 g/mol. The summed E-state index contributed by atoms with van der Waals surface area (Å²) in [5.41, 5.74) is 10.6. The fourth-order valence-electron chi connectivity index (χ4n) is 2.12. The number of nitrogens with two attached hydrogens (primary N) is 1. The van der Waals surface area contributed by atoms with Crippen LogP contribution in [0, 0.1) is 0 Å². The van der Waals surface area contributed by atoms with E-state index in [2.05, 4.69) is 56.3 Å². The van der Waals surface area contributed by atoms with Gasteiger partial charge in [0.25, 0.3) is 0 Å². The molecule has 2 aromatic rings. The van der Waals surface area contributed by atoms with Gasteiger partial charge in [-0.1, -0.05) is 55.5 Å². The maximum absolute atomic E-state index is 5.79. The molecule has 0 saturated heterocycles. The minimum Gasteiger partial charge on any atom is -0.374 e. The predicted molar refractivity (Wildman–Crippen MR) is 84.3 cm³/mol. The van der Waals surface area contributed by atoms with Crippen molar-refractivity contribution in [2.45, 2.75) is 39.5 Å². The molecule has 2 rings (SSSR count). The van der Waals surface area contributed by atoms with Crippen LogP contribution in [-0.2, 0) is 17.9 Å². The molecule has 106 valence electrons. The van der Waals surface area contributed by atoms with Crippen LogP contribution in [0.25, 0.3) is 11.1 Å². The fraction of sp³-hybridized carbons (Fsp3) is 0.333. The van der Waals surface area contributed by atoms with E-state index in [0.29, 0.717) is 19.3 Å².